The molecule has 0 saturated heterocycles. The average Bonchev–Trinajstić information content (AvgIpc) is 2.54. The Labute approximate surface area is 170 Å². The molecular formula is C17H28F3IN4O. The summed E-state index contributed by atoms with van der Waals surface area (Å²) in [5.74, 6) is 1.24. The highest BCUT2D eigenvalue weighted by atomic mass is 127. The molecule has 0 aromatic carbocycles. The van der Waals surface area contributed by atoms with Crippen molar-refractivity contribution in [3.8, 4) is 5.88 Å². The number of aliphatic imine (C=N–C) groups is 1. The molecule has 0 aliphatic heterocycles. The summed E-state index contributed by atoms with van der Waals surface area (Å²) in [5.41, 5.74) is 0.755. The molecule has 0 spiro atoms. The van der Waals surface area contributed by atoms with Gasteiger partial charge in [-0.15, -0.1) is 24.0 Å². The van der Waals surface area contributed by atoms with Gasteiger partial charge in [0.15, 0.2) is 12.6 Å². The van der Waals surface area contributed by atoms with E-state index in [1.165, 1.54) is 12.3 Å². The van der Waals surface area contributed by atoms with Gasteiger partial charge in [0.25, 0.3) is 0 Å². The van der Waals surface area contributed by atoms with Crippen LogP contribution in [0.15, 0.2) is 23.3 Å². The van der Waals surface area contributed by atoms with E-state index in [9.17, 15) is 13.2 Å². The molecule has 2 N–H and O–H groups in total. The number of halogens is 4. The van der Waals surface area contributed by atoms with Crippen molar-refractivity contribution in [3.63, 3.8) is 0 Å². The van der Waals surface area contributed by atoms with Crippen LogP contribution < -0.4 is 15.4 Å². The minimum Gasteiger partial charge on any atom is -0.468 e. The van der Waals surface area contributed by atoms with E-state index in [1.807, 2.05) is 0 Å². The van der Waals surface area contributed by atoms with Gasteiger partial charge < -0.3 is 15.4 Å². The summed E-state index contributed by atoms with van der Waals surface area (Å²) in [6, 6.07) is 3.47. The van der Waals surface area contributed by atoms with Gasteiger partial charge in [-0.1, -0.05) is 13.8 Å². The third-order valence-electron chi connectivity index (χ3n) is 3.43. The van der Waals surface area contributed by atoms with Crippen molar-refractivity contribution in [2.24, 2.45) is 10.9 Å². The monoisotopic (exact) mass is 488 g/mol. The molecule has 9 heteroatoms. The van der Waals surface area contributed by atoms with Crippen LogP contribution in [0.5, 0.6) is 5.88 Å². The zero-order chi connectivity index (χ0) is 18.9. The maximum absolute atomic E-state index is 12.2. The molecule has 1 rings (SSSR count). The van der Waals surface area contributed by atoms with Gasteiger partial charge in [-0.05, 0) is 37.3 Å². The minimum atomic E-state index is -4.38. The quantitative estimate of drug-likeness (QED) is 0.328. The van der Waals surface area contributed by atoms with E-state index in [4.69, 9.17) is 0 Å². The van der Waals surface area contributed by atoms with Crippen LogP contribution in [0.4, 0.5) is 13.2 Å². The van der Waals surface area contributed by atoms with Gasteiger partial charge in [0, 0.05) is 31.9 Å². The smallest absolute Gasteiger partial charge is 0.422 e. The van der Waals surface area contributed by atoms with Gasteiger partial charge in [-0.2, -0.15) is 13.2 Å². The topological polar surface area (TPSA) is 58.5 Å². The van der Waals surface area contributed by atoms with Crippen molar-refractivity contribution in [2.75, 3.05) is 13.7 Å². The lowest BCUT2D eigenvalue weighted by Gasteiger charge is -2.19. The van der Waals surface area contributed by atoms with E-state index in [0.29, 0.717) is 18.4 Å². The summed E-state index contributed by atoms with van der Waals surface area (Å²) in [4.78, 5) is 7.94. The highest BCUT2D eigenvalue weighted by molar-refractivity contribution is 14.0. The molecule has 0 bridgehead atoms. The number of hydrogen-bond acceptors (Lipinski definition) is 3. The molecule has 0 aliphatic rings. The van der Waals surface area contributed by atoms with E-state index in [0.717, 1.165) is 18.4 Å². The number of guanidine groups is 1. The molecular weight excluding hydrogens is 460 g/mol. The third-order valence-corrected chi connectivity index (χ3v) is 3.43. The van der Waals surface area contributed by atoms with E-state index in [-0.39, 0.29) is 35.9 Å². The summed E-state index contributed by atoms with van der Waals surface area (Å²) in [7, 11) is 1.68. The van der Waals surface area contributed by atoms with Crippen molar-refractivity contribution in [3.05, 3.63) is 23.9 Å². The lowest BCUT2D eigenvalue weighted by Crippen LogP contribution is -2.41. The molecule has 5 nitrogen and oxygen atoms in total. The Bertz CT molecular complexity index is 553. The molecule has 1 aromatic heterocycles. The van der Waals surface area contributed by atoms with Crippen molar-refractivity contribution >= 4 is 29.9 Å². The largest absolute Gasteiger partial charge is 0.468 e. The molecule has 0 aliphatic carbocycles. The molecule has 0 fully saturated rings. The first-order chi connectivity index (χ1) is 11.7. The number of ether oxygens (including phenoxy) is 1. The van der Waals surface area contributed by atoms with Crippen molar-refractivity contribution in [2.45, 2.75) is 52.4 Å². The summed E-state index contributed by atoms with van der Waals surface area (Å²) in [6.45, 7) is 5.50. The number of nitrogens with zero attached hydrogens (tertiary/aromatic N) is 2. The number of hydrogen-bond donors (Lipinski definition) is 2. The summed E-state index contributed by atoms with van der Waals surface area (Å²) >= 11 is 0. The number of pyridine rings is 1. The Morgan fingerprint density at radius 2 is 1.96 bits per heavy atom. The molecule has 0 saturated carbocycles. The molecule has 150 valence electrons. The number of aromatic nitrogens is 1. The first-order valence-corrected chi connectivity index (χ1v) is 8.31. The second-order valence-electron chi connectivity index (χ2n) is 6.35. The fourth-order valence-electron chi connectivity index (χ4n) is 2.06. The van der Waals surface area contributed by atoms with Crippen LogP contribution >= 0.6 is 24.0 Å². The first kappa shape index (κ1) is 24.7. The van der Waals surface area contributed by atoms with Crippen LogP contribution in [0.2, 0.25) is 0 Å². The summed E-state index contributed by atoms with van der Waals surface area (Å²) in [5, 5.41) is 6.43. The van der Waals surface area contributed by atoms with Crippen LogP contribution in [0.1, 0.15) is 39.2 Å². The first-order valence-electron chi connectivity index (χ1n) is 8.31. The Hall–Kier alpha value is -1.26. The van der Waals surface area contributed by atoms with Gasteiger partial charge in [-0.3, -0.25) is 4.99 Å². The van der Waals surface area contributed by atoms with E-state index in [1.54, 1.807) is 13.1 Å². The molecule has 1 unspecified atom stereocenters. The second kappa shape index (κ2) is 12.2. The minimum absolute atomic E-state index is 0. The van der Waals surface area contributed by atoms with Gasteiger partial charge in [0.1, 0.15) is 0 Å². The Balaban J connectivity index is 0.00000625. The van der Waals surface area contributed by atoms with Crippen LogP contribution in [0, 0.1) is 5.92 Å². The molecule has 0 radical (unpaired) electrons. The van der Waals surface area contributed by atoms with Crippen molar-refractivity contribution in [1.29, 1.82) is 0 Å². The van der Waals surface area contributed by atoms with E-state index in [2.05, 4.69) is 46.1 Å². The zero-order valence-corrected chi connectivity index (χ0v) is 17.9. The van der Waals surface area contributed by atoms with Crippen LogP contribution in [-0.2, 0) is 6.54 Å². The van der Waals surface area contributed by atoms with E-state index < -0.39 is 12.8 Å². The Morgan fingerprint density at radius 1 is 1.27 bits per heavy atom. The average molecular weight is 488 g/mol. The Morgan fingerprint density at radius 3 is 2.54 bits per heavy atom. The lowest BCUT2D eigenvalue weighted by atomic mass is 10.0. The highest BCUT2D eigenvalue weighted by Gasteiger charge is 2.28. The molecule has 1 atom stereocenters. The molecule has 1 aromatic rings. The third kappa shape index (κ3) is 11.4. The Kier molecular flexibility index (Phi) is 11.6. The number of rotatable bonds is 8. The second-order valence-corrected chi connectivity index (χ2v) is 6.35. The van der Waals surface area contributed by atoms with Crippen LogP contribution in [0.25, 0.3) is 0 Å². The maximum atomic E-state index is 12.2. The highest BCUT2D eigenvalue weighted by Crippen LogP contribution is 2.17. The predicted molar refractivity (Wildman–Crippen MR) is 108 cm³/mol. The van der Waals surface area contributed by atoms with Crippen LogP contribution in [-0.4, -0.2) is 36.8 Å². The molecule has 0 amide bonds. The van der Waals surface area contributed by atoms with Gasteiger partial charge in [-0.25, -0.2) is 4.98 Å². The summed E-state index contributed by atoms with van der Waals surface area (Å²) < 4.78 is 41.2. The molecule has 26 heavy (non-hydrogen) atoms. The fourth-order valence-corrected chi connectivity index (χ4v) is 2.06. The lowest BCUT2D eigenvalue weighted by molar-refractivity contribution is -0.154. The SMILES string of the molecule is CN=C(NCc1ccnc(OCC(F)(F)F)c1)NC(C)CCC(C)C.I. The van der Waals surface area contributed by atoms with Gasteiger partial charge in [0.2, 0.25) is 5.88 Å². The predicted octanol–water partition coefficient (Wildman–Crippen LogP) is 4.13. The standard InChI is InChI=1S/C17H27F3N4O.HI/c1-12(2)5-6-13(3)24-16(21-4)23-10-14-7-8-22-15(9-14)25-11-17(18,19)20;/h7-9,12-13H,5-6,10-11H2,1-4H3,(H2,21,23,24);1H. The van der Waals surface area contributed by atoms with Gasteiger partial charge >= 0.3 is 6.18 Å². The normalized spacial score (nSPS) is 13.2. The zero-order valence-electron chi connectivity index (χ0n) is 15.6. The summed E-state index contributed by atoms with van der Waals surface area (Å²) in [6.07, 6.45) is -0.809. The van der Waals surface area contributed by atoms with Crippen molar-refractivity contribution in [1.82, 2.24) is 15.6 Å². The maximum Gasteiger partial charge on any atom is 0.422 e. The number of nitrogens with one attached hydrogen (secondary N) is 2. The van der Waals surface area contributed by atoms with E-state index >= 15 is 0 Å². The van der Waals surface area contributed by atoms with Crippen molar-refractivity contribution < 1.29 is 17.9 Å². The number of alkyl halides is 3. The van der Waals surface area contributed by atoms with Crippen LogP contribution in [0.3, 0.4) is 0 Å². The van der Waals surface area contributed by atoms with Gasteiger partial charge in [0.05, 0.1) is 0 Å². The fraction of sp³-hybridized carbons (Fsp3) is 0.647. The molecule has 1 heterocycles.